The fourth-order valence-electron chi connectivity index (χ4n) is 0.213. The first-order valence-corrected chi connectivity index (χ1v) is 2.54. The Morgan fingerprint density at radius 1 is 2.00 bits per heavy atom. The van der Waals surface area contributed by atoms with Crippen molar-refractivity contribution in [1.29, 1.82) is 0 Å². The lowest BCUT2D eigenvalue weighted by Gasteiger charge is -1.93. The van der Waals surface area contributed by atoms with Crippen LogP contribution in [0.5, 0.6) is 0 Å². The number of nitrogens with one attached hydrogen (secondary N) is 1. The molecule has 0 rings (SSSR count). The topological polar surface area (TPSA) is 53.8 Å². The zero-order chi connectivity index (χ0) is 7.11. The first-order valence-electron chi connectivity index (χ1n) is 2.54. The predicted octanol–water partition coefficient (Wildman–Crippen LogP) is 0.585. The SMILES string of the molecule is C=C(O)NN=COCC. The van der Waals surface area contributed by atoms with Gasteiger partial charge in [-0.15, -0.1) is 5.10 Å². The summed E-state index contributed by atoms with van der Waals surface area (Å²) >= 11 is 0. The number of nitrogens with zero attached hydrogens (tertiary/aromatic N) is 1. The van der Waals surface area contributed by atoms with E-state index in [1.54, 1.807) is 0 Å². The highest BCUT2D eigenvalue weighted by Crippen LogP contribution is 1.70. The summed E-state index contributed by atoms with van der Waals surface area (Å²) in [6.07, 6.45) is 1.20. The van der Waals surface area contributed by atoms with E-state index in [1.807, 2.05) is 6.92 Å². The van der Waals surface area contributed by atoms with Crippen LogP contribution in [0, 0.1) is 0 Å². The van der Waals surface area contributed by atoms with Gasteiger partial charge in [0.25, 0.3) is 0 Å². The lowest BCUT2D eigenvalue weighted by atomic mass is 10.9. The Hall–Kier alpha value is -1.19. The monoisotopic (exact) mass is 130 g/mol. The molecule has 9 heavy (non-hydrogen) atoms. The molecule has 0 aromatic rings. The van der Waals surface area contributed by atoms with E-state index in [0.717, 1.165) is 0 Å². The van der Waals surface area contributed by atoms with Gasteiger partial charge >= 0.3 is 0 Å². The molecule has 0 radical (unpaired) electrons. The van der Waals surface area contributed by atoms with Gasteiger partial charge in [0.2, 0.25) is 0 Å². The Kier molecular flexibility index (Phi) is 4.30. The van der Waals surface area contributed by atoms with Crippen LogP contribution >= 0.6 is 0 Å². The molecule has 0 amide bonds. The van der Waals surface area contributed by atoms with E-state index in [9.17, 15) is 0 Å². The Morgan fingerprint density at radius 2 is 2.67 bits per heavy atom. The van der Waals surface area contributed by atoms with E-state index in [-0.39, 0.29) is 5.88 Å². The molecule has 0 aliphatic heterocycles. The Morgan fingerprint density at radius 3 is 3.11 bits per heavy atom. The average molecular weight is 130 g/mol. The van der Waals surface area contributed by atoms with Crippen LogP contribution in [0.25, 0.3) is 0 Å². The van der Waals surface area contributed by atoms with E-state index >= 15 is 0 Å². The highest BCUT2D eigenvalue weighted by molar-refractivity contribution is 5.45. The van der Waals surface area contributed by atoms with Crippen LogP contribution in [0.2, 0.25) is 0 Å². The number of rotatable bonds is 4. The summed E-state index contributed by atoms with van der Waals surface area (Å²) in [6, 6.07) is 0. The second-order valence-electron chi connectivity index (χ2n) is 1.25. The molecule has 0 aromatic carbocycles. The Labute approximate surface area is 53.8 Å². The van der Waals surface area contributed by atoms with Crippen molar-refractivity contribution in [2.45, 2.75) is 6.92 Å². The second-order valence-corrected chi connectivity index (χ2v) is 1.25. The molecule has 0 saturated carbocycles. The standard InChI is InChI=1S/C5H10N2O2/c1-3-9-4-6-7-5(2)8/h4,7-8H,2-3H2,1H3. The van der Waals surface area contributed by atoms with Crippen LogP contribution in [0.15, 0.2) is 17.6 Å². The Balaban J connectivity index is 3.14. The molecule has 52 valence electrons. The fraction of sp³-hybridized carbons (Fsp3) is 0.400. The molecule has 0 unspecified atom stereocenters. The highest BCUT2D eigenvalue weighted by Gasteiger charge is 1.75. The maximum atomic E-state index is 8.38. The van der Waals surface area contributed by atoms with Crippen LogP contribution in [-0.4, -0.2) is 18.1 Å². The molecule has 2 N–H and O–H groups in total. The molecule has 4 heteroatoms. The van der Waals surface area contributed by atoms with Gasteiger partial charge in [-0.25, -0.2) is 5.43 Å². The van der Waals surface area contributed by atoms with Gasteiger partial charge in [0.05, 0.1) is 6.61 Å². The quantitative estimate of drug-likeness (QED) is 0.253. The van der Waals surface area contributed by atoms with E-state index in [4.69, 9.17) is 5.11 Å². The summed E-state index contributed by atoms with van der Waals surface area (Å²) in [5, 5.41) is 11.8. The van der Waals surface area contributed by atoms with Crippen molar-refractivity contribution in [1.82, 2.24) is 5.43 Å². The molecule has 0 aromatic heterocycles. The number of hydrazone groups is 1. The van der Waals surface area contributed by atoms with E-state index in [0.29, 0.717) is 6.61 Å². The zero-order valence-electron chi connectivity index (χ0n) is 5.29. The van der Waals surface area contributed by atoms with Gasteiger partial charge in [0, 0.05) is 0 Å². The van der Waals surface area contributed by atoms with Crippen molar-refractivity contribution in [3.8, 4) is 0 Å². The normalized spacial score (nSPS) is 9.44. The van der Waals surface area contributed by atoms with Gasteiger partial charge in [-0.1, -0.05) is 0 Å². The van der Waals surface area contributed by atoms with Gasteiger partial charge < -0.3 is 9.84 Å². The molecule has 0 spiro atoms. The number of aliphatic hydroxyl groups excluding tert-OH is 1. The van der Waals surface area contributed by atoms with E-state index < -0.39 is 0 Å². The average Bonchev–Trinajstić information content (AvgIpc) is 1.80. The molecule has 0 aliphatic carbocycles. The summed E-state index contributed by atoms with van der Waals surface area (Å²) in [5.41, 5.74) is 2.19. The van der Waals surface area contributed by atoms with E-state index in [2.05, 4.69) is 21.8 Å². The van der Waals surface area contributed by atoms with Gasteiger partial charge in [-0.2, -0.15) is 0 Å². The molecule has 0 fully saturated rings. The molecule has 0 atom stereocenters. The molecule has 4 nitrogen and oxygen atoms in total. The molecule has 0 saturated heterocycles. The molecule has 0 bridgehead atoms. The van der Waals surface area contributed by atoms with Crippen molar-refractivity contribution in [2.75, 3.05) is 6.61 Å². The van der Waals surface area contributed by atoms with Crippen molar-refractivity contribution in [3.05, 3.63) is 12.5 Å². The van der Waals surface area contributed by atoms with Crippen molar-refractivity contribution < 1.29 is 9.84 Å². The third kappa shape index (κ3) is 6.81. The van der Waals surface area contributed by atoms with Crippen molar-refractivity contribution in [2.24, 2.45) is 5.10 Å². The summed E-state index contributed by atoms with van der Waals surface area (Å²) < 4.78 is 4.68. The van der Waals surface area contributed by atoms with Crippen molar-refractivity contribution >= 4 is 6.40 Å². The first-order chi connectivity index (χ1) is 4.27. The third-order valence-electron chi connectivity index (χ3n) is 0.488. The molecular weight excluding hydrogens is 120 g/mol. The summed E-state index contributed by atoms with van der Waals surface area (Å²) in [7, 11) is 0. The lowest BCUT2D eigenvalue weighted by molar-refractivity contribution is 0.332. The summed E-state index contributed by atoms with van der Waals surface area (Å²) in [4.78, 5) is 0. The van der Waals surface area contributed by atoms with Crippen LogP contribution < -0.4 is 5.43 Å². The van der Waals surface area contributed by atoms with Crippen LogP contribution in [0.3, 0.4) is 0 Å². The van der Waals surface area contributed by atoms with Crippen molar-refractivity contribution in [3.63, 3.8) is 0 Å². The largest absolute Gasteiger partial charge is 0.494 e. The minimum atomic E-state index is -0.203. The predicted molar refractivity (Wildman–Crippen MR) is 35.0 cm³/mol. The highest BCUT2D eigenvalue weighted by atomic mass is 16.5. The van der Waals surface area contributed by atoms with Crippen LogP contribution in [0.4, 0.5) is 0 Å². The van der Waals surface area contributed by atoms with E-state index in [1.165, 1.54) is 6.40 Å². The number of hydrogen-bond acceptors (Lipinski definition) is 4. The fourth-order valence-corrected chi connectivity index (χ4v) is 0.213. The molecule has 0 aliphatic rings. The summed E-state index contributed by atoms with van der Waals surface area (Å²) in [6.45, 7) is 5.52. The molecule has 0 heterocycles. The second kappa shape index (κ2) is 4.96. The smallest absolute Gasteiger partial charge is 0.197 e. The first kappa shape index (κ1) is 7.81. The number of aliphatic hydroxyl groups is 1. The maximum absolute atomic E-state index is 8.38. The third-order valence-corrected chi connectivity index (χ3v) is 0.488. The minimum absolute atomic E-state index is 0.203. The van der Waals surface area contributed by atoms with Gasteiger partial charge in [0.1, 0.15) is 0 Å². The summed E-state index contributed by atoms with van der Waals surface area (Å²) in [5.74, 6) is -0.203. The van der Waals surface area contributed by atoms with Gasteiger partial charge in [-0.3, -0.25) is 0 Å². The van der Waals surface area contributed by atoms with Gasteiger partial charge in [0.15, 0.2) is 12.3 Å². The zero-order valence-corrected chi connectivity index (χ0v) is 5.29. The number of ether oxygens (including phenoxy) is 1. The lowest BCUT2D eigenvalue weighted by Crippen LogP contribution is -2.03. The minimum Gasteiger partial charge on any atom is -0.494 e. The van der Waals surface area contributed by atoms with Crippen LogP contribution in [0.1, 0.15) is 6.92 Å². The molecular formula is C5H10N2O2. The van der Waals surface area contributed by atoms with Gasteiger partial charge in [-0.05, 0) is 13.5 Å². The maximum Gasteiger partial charge on any atom is 0.197 e. The number of hydrogen-bond donors (Lipinski definition) is 2. The van der Waals surface area contributed by atoms with Crippen LogP contribution in [-0.2, 0) is 4.74 Å². The Bertz CT molecular complexity index is 112.